The Morgan fingerprint density at radius 2 is 1.38 bits per heavy atom. The lowest BCUT2D eigenvalue weighted by Gasteiger charge is -2.69. The van der Waals surface area contributed by atoms with E-state index in [4.69, 9.17) is 37.2 Å². The van der Waals surface area contributed by atoms with Gasteiger partial charge in [0.05, 0.1) is 22.2 Å². The summed E-state index contributed by atoms with van der Waals surface area (Å²) in [6.07, 6.45) is 4.65. The van der Waals surface area contributed by atoms with Crippen LogP contribution in [-0.2, 0) is 25.5 Å². The standard InChI is InChI=1S/C48H52Cl2N5O10P/c1-6-10-34-33(7-2)41-30(21-49)23-55(38(41)20-40(34)65-66(60,61)62)44(57)48-26-47(27-48,28-48)43(56)54-24-31(22-50)42-36-12-9-8-11-35(36)39(19-37(42)54)64-46(59)53(5)18-17-52(4)45(58)63-25-29-13-15-32(51-3)16-14-29/h6-16,19-20,30-31,51H,1,17-18,21-28H2,2-5H3,(H2,60,61,62)/b33-7+,34-10+/t30-,31-,47?,48?/m1/s1. The number of hydrogen-bond donors (Lipinski definition) is 3. The number of alkyl halides is 2. The van der Waals surface area contributed by atoms with Crippen molar-refractivity contribution < 1.29 is 47.5 Å². The van der Waals surface area contributed by atoms with E-state index in [1.54, 1.807) is 49.0 Å². The van der Waals surface area contributed by atoms with Crippen molar-refractivity contribution in [1.29, 1.82) is 0 Å². The zero-order valence-corrected chi connectivity index (χ0v) is 39.5. The van der Waals surface area contributed by atoms with Crippen molar-refractivity contribution in [3.8, 4) is 11.5 Å². The van der Waals surface area contributed by atoms with Gasteiger partial charge in [0, 0.05) is 99.3 Å². The number of phosphoric ester groups is 1. The Bertz CT molecular complexity index is 2800. The molecule has 3 fully saturated rings. The van der Waals surface area contributed by atoms with Gasteiger partial charge in [0.2, 0.25) is 11.8 Å². The van der Waals surface area contributed by atoms with E-state index in [0.29, 0.717) is 53.0 Å². The number of likely N-dealkylation sites (N-methyl/N-ethyl adjacent to an activating group) is 2. The van der Waals surface area contributed by atoms with Crippen LogP contribution in [0.15, 0.2) is 73.3 Å². The Balaban J connectivity index is 0.980. The second-order valence-corrected chi connectivity index (χ2v) is 19.4. The highest BCUT2D eigenvalue weighted by atomic mass is 35.5. The van der Waals surface area contributed by atoms with Crippen molar-refractivity contribution in [2.45, 2.75) is 44.6 Å². The van der Waals surface area contributed by atoms with Crippen LogP contribution in [0, 0.1) is 10.8 Å². The summed E-state index contributed by atoms with van der Waals surface area (Å²) in [7, 11) is 0.00765. The van der Waals surface area contributed by atoms with Crippen molar-refractivity contribution >= 4 is 95.0 Å². The summed E-state index contributed by atoms with van der Waals surface area (Å²) in [6.45, 7) is 6.54. The zero-order chi connectivity index (χ0) is 47.3. The second-order valence-electron chi connectivity index (χ2n) is 17.6. The molecule has 18 heteroatoms. The molecule has 0 spiro atoms. The van der Waals surface area contributed by atoms with Crippen LogP contribution in [0.25, 0.3) is 22.9 Å². The Morgan fingerprint density at radius 3 is 1.92 bits per heavy atom. The Labute approximate surface area is 392 Å². The summed E-state index contributed by atoms with van der Waals surface area (Å²) < 4.78 is 28.7. The fraction of sp³-hybridized carbons (Fsp3) is 0.375. The molecule has 2 atom stereocenters. The number of hydrogen-bond acceptors (Lipinski definition) is 9. The van der Waals surface area contributed by atoms with Crippen molar-refractivity contribution in [2.24, 2.45) is 10.8 Å². The number of carbonyl (C=O) groups is 4. The van der Waals surface area contributed by atoms with E-state index in [-0.39, 0.29) is 73.2 Å². The number of halogens is 2. The number of nitrogens with zero attached hydrogens (tertiary/aromatic N) is 4. The number of anilines is 3. The van der Waals surface area contributed by atoms with Gasteiger partial charge in [-0.05, 0) is 65.6 Å². The number of fused-ring (bicyclic) bond motifs is 4. The topological polar surface area (TPSA) is 178 Å². The van der Waals surface area contributed by atoms with E-state index in [0.717, 1.165) is 27.8 Å². The van der Waals surface area contributed by atoms with Crippen molar-refractivity contribution in [2.75, 3.05) is 74.2 Å². The minimum atomic E-state index is -4.98. The van der Waals surface area contributed by atoms with Gasteiger partial charge in [-0.25, -0.2) is 14.2 Å². The quantitative estimate of drug-likeness (QED) is 0.0874. The molecule has 4 amide bonds. The molecule has 3 N–H and O–H groups in total. The van der Waals surface area contributed by atoms with Crippen LogP contribution in [0.3, 0.4) is 0 Å². The molecule has 4 aromatic rings. The number of benzene rings is 4. The maximum absolute atomic E-state index is 14.8. The van der Waals surface area contributed by atoms with Crippen molar-refractivity contribution in [1.82, 2.24) is 9.80 Å². The summed E-state index contributed by atoms with van der Waals surface area (Å²) in [5.74, 6) is -0.188. The van der Waals surface area contributed by atoms with Crippen molar-refractivity contribution in [3.05, 3.63) is 100 Å². The SMILES string of the molecule is C=C/C=c1/c(OP(=O)(O)O)cc2c(/c1=C/C)[C@H](CCl)CN2C(=O)C12CC(C(=O)N3C[C@@H](CCl)c4c3cc(OC(=O)N(C)CCN(C)C(=O)OCc3ccc(NC)cc3)c3ccccc43)(C1)C2. The van der Waals surface area contributed by atoms with Gasteiger partial charge in [0.1, 0.15) is 18.1 Å². The molecule has 0 unspecified atom stereocenters. The number of amides is 4. The first kappa shape index (κ1) is 46.9. The van der Waals surface area contributed by atoms with Gasteiger partial charge in [-0.1, -0.05) is 61.2 Å². The fourth-order valence-electron chi connectivity index (χ4n) is 10.2. The van der Waals surface area contributed by atoms with Gasteiger partial charge in [0.15, 0.2) is 0 Å². The smallest absolute Gasteiger partial charge is 0.445 e. The molecule has 15 nitrogen and oxygen atoms in total. The molecule has 0 saturated heterocycles. The highest BCUT2D eigenvalue weighted by molar-refractivity contribution is 7.46. The molecule has 0 aromatic heterocycles. The third-order valence-electron chi connectivity index (χ3n) is 13.4. The molecule has 4 aromatic carbocycles. The zero-order valence-electron chi connectivity index (χ0n) is 37.1. The van der Waals surface area contributed by atoms with Crippen LogP contribution >= 0.6 is 31.0 Å². The van der Waals surface area contributed by atoms with Gasteiger partial charge >= 0.3 is 20.0 Å². The molecule has 9 rings (SSSR count). The minimum absolute atomic E-state index is 0.0914. The number of nitrogens with one attached hydrogen (secondary N) is 1. The molecule has 2 heterocycles. The molecule has 2 aliphatic heterocycles. The van der Waals surface area contributed by atoms with E-state index in [9.17, 15) is 33.5 Å². The second kappa shape index (κ2) is 18.3. The third-order valence-corrected chi connectivity index (χ3v) is 14.6. The van der Waals surface area contributed by atoms with E-state index in [1.807, 2.05) is 55.6 Å². The fourth-order valence-corrected chi connectivity index (χ4v) is 11.1. The Morgan fingerprint density at radius 1 is 0.833 bits per heavy atom. The normalized spacial score (nSPS) is 21.9. The van der Waals surface area contributed by atoms with E-state index >= 15 is 0 Å². The van der Waals surface area contributed by atoms with Gasteiger partial charge in [-0.15, -0.1) is 23.2 Å². The van der Waals surface area contributed by atoms with Crippen molar-refractivity contribution in [3.63, 3.8) is 0 Å². The largest absolute Gasteiger partial charge is 0.524 e. The first-order valence-corrected chi connectivity index (χ1v) is 24.2. The summed E-state index contributed by atoms with van der Waals surface area (Å²) >= 11 is 13.1. The predicted octanol–water partition coefficient (Wildman–Crippen LogP) is 7.03. The molecule has 5 aliphatic rings. The number of carbonyl (C=O) groups excluding carboxylic acids is 4. The predicted molar refractivity (Wildman–Crippen MR) is 255 cm³/mol. The highest BCUT2D eigenvalue weighted by Crippen LogP contribution is 2.75. The molecule has 66 heavy (non-hydrogen) atoms. The summed E-state index contributed by atoms with van der Waals surface area (Å²) in [4.78, 5) is 81.4. The maximum Gasteiger partial charge on any atom is 0.524 e. The van der Waals surface area contributed by atoms with Crippen LogP contribution in [0.5, 0.6) is 11.5 Å². The van der Waals surface area contributed by atoms with Crippen LogP contribution in [0.4, 0.5) is 26.7 Å². The van der Waals surface area contributed by atoms with E-state index < -0.39 is 30.8 Å². The molecule has 3 saturated carbocycles. The van der Waals surface area contributed by atoms with Gasteiger partial charge in [-0.2, -0.15) is 0 Å². The van der Waals surface area contributed by atoms with E-state index in [1.165, 1.54) is 21.9 Å². The first-order valence-electron chi connectivity index (χ1n) is 21.6. The van der Waals surface area contributed by atoms with Gasteiger partial charge < -0.3 is 38.9 Å². The lowest BCUT2D eigenvalue weighted by molar-refractivity contribution is -0.204. The third kappa shape index (κ3) is 8.40. The van der Waals surface area contributed by atoms with Gasteiger partial charge in [-0.3, -0.25) is 19.4 Å². The summed E-state index contributed by atoms with van der Waals surface area (Å²) in [6, 6.07) is 18.2. The molecular weight excluding hydrogens is 908 g/mol. The van der Waals surface area contributed by atoms with Crippen LogP contribution in [-0.4, -0.2) is 103 Å². The Hall–Kier alpha value is -5.57. The average molecular weight is 961 g/mol. The Kier molecular flexibility index (Phi) is 13.0. The number of phosphoric acid groups is 1. The highest BCUT2D eigenvalue weighted by Gasteiger charge is 2.76. The lowest BCUT2D eigenvalue weighted by Crippen LogP contribution is -2.73. The summed E-state index contributed by atoms with van der Waals surface area (Å²) in [5, 5.41) is 5.58. The maximum atomic E-state index is 14.8. The number of ether oxygens (including phenoxy) is 2. The number of allylic oxidation sites excluding steroid dienone is 1. The monoisotopic (exact) mass is 959 g/mol. The van der Waals surface area contributed by atoms with Crippen LogP contribution < -0.4 is 34.8 Å². The van der Waals surface area contributed by atoms with Crippen LogP contribution in [0.2, 0.25) is 0 Å². The van der Waals surface area contributed by atoms with Gasteiger partial charge in [0.25, 0.3) is 0 Å². The lowest BCUT2D eigenvalue weighted by atomic mass is 9.34. The minimum Gasteiger partial charge on any atom is -0.445 e. The summed E-state index contributed by atoms with van der Waals surface area (Å²) in [5.41, 5.74) is 2.87. The first-order chi connectivity index (χ1) is 31.5. The van der Waals surface area contributed by atoms with E-state index in [2.05, 4.69) is 11.9 Å². The number of rotatable bonds is 14. The average Bonchev–Trinajstić information content (AvgIpc) is 3.84. The molecule has 2 bridgehead atoms. The van der Waals surface area contributed by atoms with Crippen LogP contribution in [0.1, 0.15) is 54.7 Å². The molecule has 3 aliphatic carbocycles. The molecular formula is C48H52Cl2N5O10P. The molecule has 0 radical (unpaired) electrons. The molecule has 348 valence electrons.